The Morgan fingerprint density at radius 3 is 2.73 bits per heavy atom. The first-order valence-electron chi connectivity index (χ1n) is 7.91. The summed E-state index contributed by atoms with van der Waals surface area (Å²) >= 11 is 0. The Bertz CT molecular complexity index is 582. The predicted molar refractivity (Wildman–Crippen MR) is 82.0 cm³/mol. The lowest BCUT2D eigenvalue weighted by molar-refractivity contribution is -0.192. The number of phenolic OH excluding ortho intramolecular Hbond substituents is 2. The summed E-state index contributed by atoms with van der Waals surface area (Å²) in [6.07, 6.45) is 4.44. The van der Waals surface area contributed by atoms with Crippen LogP contribution < -0.4 is 0 Å². The van der Waals surface area contributed by atoms with E-state index in [1.165, 1.54) is 12.5 Å². The highest BCUT2D eigenvalue weighted by atomic mass is 16.5. The molecule has 120 valence electrons. The van der Waals surface area contributed by atoms with Crippen molar-refractivity contribution in [3.8, 4) is 11.5 Å². The van der Waals surface area contributed by atoms with Gasteiger partial charge in [0, 0.05) is 25.1 Å². The summed E-state index contributed by atoms with van der Waals surface area (Å²) in [5, 5.41) is 19.5. The lowest BCUT2D eigenvalue weighted by Gasteiger charge is -2.63. The van der Waals surface area contributed by atoms with Gasteiger partial charge in [0.1, 0.15) is 0 Å². The van der Waals surface area contributed by atoms with Crippen LogP contribution in [0.1, 0.15) is 43.0 Å². The minimum Gasteiger partial charge on any atom is -0.504 e. The fraction of sp³-hybridized carbons (Fsp3) is 0.588. The van der Waals surface area contributed by atoms with Gasteiger partial charge < -0.3 is 19.8 Å². The number of carbonyl (C=O) groups excluding carboxylic acids is 1. The van der Waals surface area contributed by atoms with Crippen LogP contribution in [0.3, 0.4) is 0 Å². The van der Waals surface area contributed by atoms with Gasteiger partial charge in [-0.2, -0.15) is 0 Å². The predicted octanol–water partition coefficient (Wildman–Crippen LogP) is 2.52. The number of benzene rings is 1. The summed E-state index contributed by atoms with van der Waals surface area (Å²) < 4.78 is 5.82. The molecule has 1 aromatic carbocycles. The zero-order valence-corrected chi connectivity index (χ0v) is 13.1. The number of rotatable bonds is 4. The molecule has 2 N–H and O–H groups in total. The zero-order chi connectivity index (χ0) is 15.9. The first-order valence-corrected chi connectivity index (χ1v) is 7.91. The molecule has 2 saturated carbocycles. The second-order valence-electron chi connectivity index (χ2n) is 6.37. The fourth-order valence-electron chi connectivity index (χ4n) is 3.98. The first-order chi connectivity index (χ1) is 10.5. The van der Waals surface area contributed by atoms with Gasteiger partial charge in [-0.3, -0.25) is 4.79 Å². The molecular weight excluding hydrogens is 282 g/mol. The maximum absolute atomic E-state index is 12.7. The van der Waals surface area contributed by atoms with Crippen LogP contribution >= 0.6 is 0 Å². The number of nitrogens with zero attached hydrogens (tertiary/aromatic N) is 1. The maximum Gasteiger partial charge on any atom is 0.257 e. The fourth-order valence-corrected chi connectivity index (χ4v) is 3.98. The molecule has 5 nitrogen and oxygen atoms in total. The van der Waals surface area contributed by atoms with Crippen LogP contribution in [0.4, 0.5) is 0 Å². The molecule has 1 amide bonds. The van der Waals surface area contributed by atoms with Gasteiger partial charge in [-0.15, -0.1) is 0 Å². The van der Waals surface area contributed by atoms with E-state index in [9.17, 15) is 15.0 Å². The summed E-state index contributed by atoms with van der Waals surface area (Å²) in [5.74, 6) is -0.860. The van der Waals surface area contributed by atoms with Gasteiger partial charge in [0.2, 0.25) is 0 Å². The van der Waals surface area contributed by atoms with Crippen LogP contribution in [-0.2, 0) is 4.74 Å². The minimum absolute atomic E-state index is 0.0901. The van der Waals surface area contributed by atoms with Gasteiger partial charge >= 0.3 is 0 Å². The second-order valence-corrected chi connectivity index (χ2v) is 6.37. The Kier molecular flexibility index (Phi) is 3.77. The third-order valence-electron chi connectivity index (χ3n) is 5.43. The average molecular weight is 305 g/mol. The Labute approximate surface area is 130 Å². The van der Waals surface area contributed by atoms with Gasteiger partial charge in [0.25, 0.3) is 5.91 Å². The number of carbonyl (C=O) groups is 1. The van der Waals surface area contributed by atoms with E-state index in [2.05, 4.69) is 0 Å². The van der Waals surface area contributed by atoms with Crippen LogP contribution in [-0.4, -0.2) is 46.8 Å². The van der Waals surface area contributed by atoms with Gasteiger partial charge in [-0.1, -0.05) is 12.5 Å². The van der Waals surface area contributed by atoms with Crippen LogP contribution in [0, 0.1) is 5.41 Å². The van der Waals surface area contributed by atoms with Gasteiger partial charge in [0.15, 0.2) is 11.5 Å². The first kappa shape index (κ1) is 15.2. The summed E-state index contributed by atoms with van der Waals surface area (Å²) in [4.78, 5) is 14.4. The molecule has 5 heteroatoms. The number of hydrogen-bond donors (Lipinski definition) is 2. The second kappa shape index (κ2) is 5.47. The van der Waals surface area contributed by atoms with Crippen LogP contribution in [0.5, 0.6) is 11.5 Å². The SMILES string of the molecule is CCO[C@@H]1C[C@H](N(C)C(=O)c2cccc(O)c2O)C12CCC2. The van der Waals surface area contributed by atoms with Crippen molar-refractivity contribution in [2.75, 3.05) is 13.7 Å². The van der Waals surface area contributed by atoms with Crippen molar-refractivity contribution in [1.82, 2.24) is 4.90 Å². The van der Waals surface area contributed by atoms with E-state index in [0.29, 0.717) is 6.61 Å². The summed E-state index contributed by atoms with van der Waals surface area (Å²) in [7, 11) is 1.78. The molecule has 0 aliphatic heterocycles. The topological polar surface area (TPSA) is 70.0 Å². The number of phenols is 2. The van der Waals surface area contributed by atoms with Crippen molar-refractivity contribution in [3.05, 3.63) is 23.8 Å². The molecule has 22 heavy (non-hydrogen) atoms. The minimum atomic E-state index is -0.345. The molecule has 0 aromatic heterocycles. The van der Waals surface area contributed by atoms with E-state index in [4.69, 9.17) is 4.74 Å². The Morgan fingerprint density at radius 2 is 2.14 bits per heavy atom. The van der Waals surface area contributed by atoms with Crippen LogP contribution in [0.15, 0.2) is 18.2 Å². The molecule has 3 rings (SSSR count). The number of hydrogen-bond acceptors (Lipinski definition) is 4. The molecular formula is C17H23NO4. The monoisotopic (exact) mass is 305 g/mol. The lowest BCUT2D eigenvalue weighted by atomic mass is 9.50. The van der Waals surface area contributed by atoms with E-state index >= 15 is 0 Å². The van der Waals surface area contributed by atoms with Gasteiger partial charge in [-0.25, -0.2) is 0 Å². The van der Waals surface area contributed by atoms with Crippen molar-refractivity contribution in [2.45, 2.75) is 44.8 Å². The highest BCUT2D eigenvalue weighted by molar-refractivity contribution is 5.97. The van der Waals surface area contributed by atoms with Crippen LogP contribution in [0.25, 0.3) is 0 Å². The quantitative estimate of drug-likeness (QED) is 0.839. The molecule has 0 heterocycles. The smallest absolute Gasteiger partial charge is 0.257 e. The van der Waals surface area contributed by atoms with Crippen molar-refractivity contribution in [3.63, 3.8) is 0 Å². The number of aromatic hydroxyl groups is 2. The number of para-hydroxylation sites is 1. The lowest BCUT2D eigenvalue weighted by Crippen LogP contribution is -2.67. The Hall–Kier alpha value is -1.75. The maximum atomic E-state index is 12.7. The summed E-state index contributed by atoms with van der Waals surface area (Å²) in [6, 6.07) is 4.62. The molecule has 0 bridgehead atoms. The molecule has 2 atom stereocenters. The summed E-state index contributed by atoms with van der Waals surface area (Å²) in [5.41, 5.74) is 0.240. The number of ether oxygens (including phenoxy) is 1. The molecule has 2 aliphatic rings. The Morgan fingerprint density at radius 1 is 1.41 bits per heavy atom. The molecule has 0 radical (unpaired) electrons. The van der Waals surface area contributed by atoms with E-state index in [1.54, 1.807) is 24.1 Å². The van der Waals surface area contributed by atoms with E-state index in [-0.39, 0.29) is 40.5 Å². The van der Waals surface area contributed by atoms with Crippen molar-refractivity contribution >= 4 is 5.91 Å². The molecule has 2 aliphatic carbocycles. The Balaban J connectivity index is 1.78. The van der Waals surface area contributed by atoms with Crippen LogP contribution in [0.2, 0.25) is 0 Å². The molecule has 1 spiro atoms. The average Bonchev–Trinajstić information content (AvgIpc) is 2.43. The normalized spacial score (nSPS) is 25.4. The standard InChI is InChI=1S/C17H23NO4/c1-3-22-14-10-13(17(14)8-5-9-17)18(2)16(21)11-6-4-7-12(19)15(11)20/h4,6-7,13-14,19-20H,3,5,8-10H2,1-2H3/t13-,14+/m0/s1. The largest absolute Gasteiger partial charge is 0.504 e. The van der Waals surface area contributed by atoms with E-state index in [0.717, 1.165) is 19.3 Å². The highest BCUT2D eigenvalue weighted by Crippen LogP contribution is 2.59. The van der Waals surface area contributed by atoms with E-state index in [1.807, 2.05) is 6.92 Å². The molecule has 0 unspecified atom stereocenters. The summed E-state index contributed by atoms with van der Waals surface area (Å²) in [6.45, 7) is 2.70. The van der Waals surface area contributed by atoms with Crippen molar-refractivity contribution in [2.24, 2.45) is 5.41 Å². The third kappa shape index (κ3) is 2.07. The molecule has 0 saturated heterocycles. The van der Waals surface area contributed by atoms with Crippen molar-refractivity contribution < 1.29 is 19.7 Å². The molecule has 2 fully saturated rings. The number of amides is 1. The van der Waals surface area contributed by atoms with Gasteiger partial charge in [0.05, 0.1) is 11.7 Å². The third-order valence-corrected chi connectivity index (χ3v) is 5.43. The van der Waals surface area contributed by atoms with E-state index < -0.39 is 0 Å². The highest BCUT2D eigenvalue weighted by Gasteiger charge is 2.61. The zero-order valence-electron chi connectivity index (χ0n) is 13.1. The van der Waals surface area contributed by atoms with Gasteiger partial charge in [-0.05, 0) is 38.3 Å². The van der Waals surface area contributed by atoms with Crippen molar-refractivity contribution in [1.29, 1.82) is 0 Å². The molecule has 1 aromatic rings.